The van der Waals surface area contributed by atoms with Gasteiger partial charge in [0.25, 0.3) is 0 Å². The molecule has 31 heavy (non-hydrogen) atoms. The second kappa shape index (κ2) is 12.4. The highest BCUT2D eigenvalue weighted by molar-refractivity contribution is 7.99. The quantitative estimate of drug-likeness (QED) is 0.472. The number of rotatable bonds is 10. The first-order chi connectivity index (χ1) is 14.7. The molecular formula is C24H30Cl2N2O2S. The third kappa shape index (κ3) is 8.40. The SMILES string of the molecule is Cc1ccc(CN(C(=O)CSCc2ccc(Cl)cc2Cl)[C@H](C)C(=O)NCC(C)C)cc1. The molecule has 0 saturated heterocycles. The largest absolute Gasteiger partial charge is 0.354 e. The van der Waals surface area contributed by atoms with E-state index in [0.717, 1.165) is 16.7 Å². The minimum absolute atomic E-state index is 0.0807. The number of amides is 2. The zero-order chi connectivity index (χ0) is 23.0. The first-order valence-corrected chi connectivity index (χ1v) is 12.2. The molecule has 0 spiro atoms. The van der Waals surface area contributed by atoms with Crippen molar-refractivity contribution >= 4 is 46.8 Å². The van der Waals surface area contributed by atoms with E-state index in [0.29, 0.717) is 34.8 Å². The van der Waals surface area contributed by atoms with Gasteiger partial charge in [0.1, 0.15) is 6.04 Å². The third-order valence-electron chi connectivity index (χ3n) is 4.82. The Labute approximate surface area is 199 Å². The Morgan fingerprint density at radius 2 is 1.74 bits per heavy atom. The predicted octanol–water partition coefficient (Wildman–Crippen LogP) is 5.72. The standard InChI is InChI=1S/C24H30Cl2N2O2S/c1-16(2)12-27-24(30)18(4)28(13-19-7-5-17(3)6-8-19)23(29)15-31-14-20-9-10-21(25)11-22(20)26/h5-11,16,18H,12-15H2,1-4H3,(H,27,30)/t18-/m1/s1. The lowest BCUT2D eigenvalue weighted by atomic mass is 10.1. The molecule has 0 unspecified atom stereocenters. The number of benzene rings is 2. The maximum atomic E-state index is 13.1. The minimum atomic E-state index is -0.563. The van der Waals surface area contributed by atoms with Crippen molar-refractivity contribution < 1.29 is 9.59 Å². The topological polar surface area (TPSA) is 49.4 Å². The number of halogens is 2. The lowest BCUT2D eigenvalue weighted by Gasteiger charge is -2.29. The van der Waals surface area contributed by atoms with Crippen molar-refractivity contribution in [3.63, 3.8) is 0 Å². The van der Waals surface area contributed by atoms with E-state index in [4.69, 9.17) is 23.2 Å². The summed E-state index contributed by atoms with van der Waals surface area (Å²) >= 11 is 13.7. The predicted molar refractivity (Wildman–Crippen MR) is 132 cm³/mol. The molecule has 2 aromatic carbocycles. The molecule has 4 nitrogen and oxygen atoms in total. The van der Waals surface area contributed by atoms with E-state index in [1.807, 2.05) is 51.1 Å². The highest BCUT2D eigenvalue weighted by Crippen LogP contribution is 2.25. The summed E-state index contributed by atoms with van der Waals surface area (Å²) in [4.78, 5) is 27.4. The minimum Gasteiger partial charge on any atom is -0.354 e. The highest BCUT2D eigenvalue weighted by Gasteiger charge is 2.26. The van der Waals surface area contributed by atoms with Crippen molar-refractivity contribution in [1.29, 1.82) is 0 Å². The number of aryl methyl sites for hydroxylation is 1. The molecular weight excluding hydrogens is 451 g/mol. The first kappa shape index (κ1) is 25.6. The molecule has 1 N–H and O–H groups in total. The van der Waals surface area contributed by atoms with Crippen LogP contribution in [0.25, 0.3) is 0 Å². The number of hydrogen-bond donors (Lipinski definition) is 1. The fraction of sp³-hybridized carbons (Fsp3) is 0.417. The van der Waals surface area contributed by atoms with Gasteiger partial charge in [-0.2, -0.15) is 0 Å². The van der Waals surface area contributed by atoms with E-state index < -0.39 is 6.04 Å². The molecule has 2 amide bonds. The van der Waals surface area contributed by atoms with Gasteiger partial charge in [-0.25, -0.2) is 0 Å². The monoisotopic (exact) mass is 480 g/mol. The zero-order valence-corrected chi connectivity index (χ0v) is 20.8. The maximum absolute atomic E-state index is 13.1. The van der Waals surface area contributed by atoms with Gasteiger partial charge in [-0.05, 0) is 43.0 Å². The summed E-state index contributed by atoms with van der Waals surface area (Å²) in [5, 5.41) is 4.11. The second-order valence-electron chi connectivity index (χ2n) is 8.05. The molecule has 1 atom stereocenters. The van der Waals surface area contributed by atoms with Crippen LogP contribution in [0.15, 0.2) is 42.5 Å². The van der Waals surface area contributed by atoms with Crippen LogP contribution < -0.4 is 5.32 Å². The van der Waals surface area contributed by atoms with E-state index in [9.17, 15) is 9.59 Å². The van der Waals surface area contributed by atoms with Gasteiger partial charge in [-0.15, -0.1) is 11.8 Å². The Balaban J connectivity index is 2.07. The smallest absolute Gasteiger partial charge is 0.242 e. The third-order valence-corrected chi connectivity index (χ3v) is 6.38. The van der Waals surface area contributed by atoms with Crippen LogP contribution in [0.1, 0.15) is 37.5 Å². The van der Waals surface area contributed by atoms with E-state index in [1.165, 1.54) is 11.8 Å². The summed E-state index contributed by atoms with van der Waals surface area (Å²) in [7, 11) is 0. The summed E-state index contributed by atoms with van der Waals surface area (Å²) in [5.41, 5.74) is 3.07. The van der Waals surface area contributed by atoms with Gasteiger partial charge in [-0.1, -0.05) is 72.9 Å². The van der Waals surface area contributed by atoms with Crippen LogP contribution in [0.5, 0.6) is 0 Å². The van der Waals surface area contributed by atoms with Gasteiger partial charge < -0.3 is 10.2 Å². The fourth-order valence-corrected chi connectivity index (χ4v) is 4.36. The molecule has 0 bridgehead atoms. The molecule has 0 aliphatic rings. The lowest BCUT2D eigenvalue weighted by Crippen LogP contribution is -2.48. The van der Waals surface area contributed by atoms with Gasteiger partial charge >= 0.3 is 0 Å². The van der Waals surface area contributed by atoms with Crippen molar-refractivity contribution in [2.24, 2.45) is 5.92 Å². The average molecular weight is 481 g/mol. The molecule has 2 aromatic rings. The second-order valence-corrected chi connectivity index (χ2v) is 9.88. The molecule has 7 heteroatoms. The number of thioether (sulfide) groups is 1. The first-order valence-electron chi connectivity index (χ1n) is 10.3. The van der Waals surface area contributed by atoms with Crippen molar-refractivity contribution in [2.75, 3.05) is 12.3 Å². The lowest BCUT2D eigenvalue weighted by molar-refractivity contribution is -0.138. The van der Waals surface area contributed by atoms with Gasteiger partial charge in [0.05, 0.1) is 5.75 Å². The Morgan fingerprint density at radius 3 is 2.35 bits per heavy atom. The van der Waals surface area contributed by atoms with Crippen LogP contribution in [0.2, 0.25) is 10.0 Å². The molecule has 168 valence electrons. The molecule has 0 heterocycles. The molecule has 0 fully saturated rings. The van der Waals surface area contributed by atoms with E-state index in [2.05, 4.69) is 5.32 Å². The number of nitrogens with zero attached hydrogens (tertiary/aromatic N) is 1. The molecule has 0 radical (unpaired) electrons. The van der Waals surface area contributed by atoms with Crippen molar-refractivity contribution in [3.8, 4) is 0 Å². The van der Waals surface area contributed by atoms with Gasteiger partial charge in [0.2, 0.25) is 11.8 Å². The van der Waals surface area contributed by atoms with Crippen LogP contribution in [0.3, 0.4) is 0 Å². The summed E-state index contributed by atoms with van der Waals surface area (Å²) in [6, 6.07) is 12.8. The van der Waals surface area contributed by atoms with Gasteiger partial charge in [-0.3, -0.25) is 9.59 Å². The molecule has 0 saturated carbocycles. The Bertz CT molecular complexity index is 888. The normalized spacial score (nSPS) is 12.0. The van der Waals surface area contributed by atoms with Crippen molar-refractivity contribution in [1.82, 2.24) is 10.2 Å². The Kier molecular flexibility index (Phi) is 10.2. The van der Waals surface area contributed by atoms with Crippen molar-refractivity contribution in [2.45, 2.75) is 46.0 Å². The summed E-state index contributed by atoms with van der Waals surface area (Å²) in [5.74, 6) is 0.973. The van der Waals surface area contributed by atoms with Crippen LogP contribution in [0, 0.1) is 12.8 Å². The number of nitrogens with one attached hydrogen (secondary N) is 1. The highest BCUT2D eigenvalue weighted by atomic mass is 35.5. The van der Waals surface area contributed by atoms with Gasteiger partial charge in [0.15, 0.2) is 0 Å². The summed E-state index contributed by atoms with van der Waals surface area (Å²) in [6.07, 6.45) is 0. The maximum Gasteiger partial charge on any atom is 0.242 e. The zero-order valence-electron chi connectivity index (χ0n) is 18.5. The molecule has 0 aromatic heterocycles. The Hall–Kier alpha value is -1.69. The summed E-state index contributed by atoms with van der Waals surface area (Å²) in [6.45, 7) is 8.85. The van der Waals surface area contributed by atoms with Crippen LogP contribution >= 0.6 is 35.0 Å². The van der Waals surface area contributed by atoms with Crippen LogP contribution in [0.4, 0.5) is 0 Å². The number of carbonyl (C=O) groups is 2. The fourth-order valence-electron chi connectivity index (χ4n) is 2.90. The average Bonchev–Trinajstić information content (AvgIpc) is 2.72. The Morgan fingerprint density at radius 1 is 1.06 bits per heavy atom. The van der Waals surface area contributed by atoms with Gasteiger partial charge in [0, 0.05) is 28.9 Å². The van der Waals surface area contributed by atoms with Crippen LogP contribution in [-0.2, 0) is 21.9 Å². The van der Waals surface area contributed by atoms with E-state index >= 15 is 0 Å². The van der Waals surface area contributed by atoms with Crippen LogP contribution in [-0.4, -0.2) is 35.1 Å². The molecule has 0 aliphatic carbocycles. The summed E-state index contributed by atoms with van der Waals surface area (Å²) < 4.78 is 0. The van der Waals surface area contributed by atoms with E-state index in [1.54, 1.807) is 24.0 Å². The number of carbonyl (C=O) groups excluding carboxylic acids is 2. The molecule has 2 rings (SSSR count). The number of hydrogen-bond acceptors (Lipinski definition) is 3. The molecule has 0 aliphatic heterocycles. The van der Waals surface area contributed by atoms with E-state index in [-0.39, 0.29) is 17.6 Å². The van der Waals surface area contributed by atoms with Crippen molar-refractivity contribution in [3.05, 3.63) is 69.2 Å².